The van der Waals surface area contributed by atoms with E-state index in [0.29, 0.717) is 10.3 Å². The molecule has 15 nitrogen and oxygen atoms in total. The lowest BCUT2D eigenvalue weighted by Gasteiger charge is -2.19. The quantitative estimate of drug-likeness (QED) is 0.0424. The number of pyridine rings is 1. The highest BCUT2D eigenvalue weighted by Crippen LogP contribution is 2.24. The summed E-state index contributed by atoms with van der Waals surface area (Å²) in [6.45, 7) is 14.9. The Morgan fingerprint density at radius 1 is 0.517 bits per heavy atom. The lowest BCUT2D eigenvalue weighted by molar-refractivity contribution is 0.0623. The second-order valence-corrected chi connectivity index (χ2v) is 17.8. The SMILES string of the molecule is CCCCCCCCSc1nc(NC(=O)OC(C)(C)C)cc(NC(=O)c2cccc(C(=O)Nc3cc(NC(=O)OC(C)(C)C)nc(SCCCCCCCC)n3)n2)n1. The molecule has 0 aromatic carbocycles. The summed E-state index contributed by atoms with van der Waals surface area (Å²) in [6, 6.07) is 7.31. The van der Waals surface area contributed by atoms with Crippen LogP contribution < -0.4 is 21.3 Å². The van der Waals surface area contributed by atoms with Crippen molar-refractivity contribution in [3.63, 3.8) is 0 Å². The molecule has 4 amide bonds. The van der Waals surface area contributed by atoms with Crippen LogP contribution >= 0.6 is 23.5 Å². The molecule has 3 aromatic rings. The van der Waals surface area contributed by atoms with Crippen LogP contribution in [0.5, 0.6) is 0 Å². The van der Waals surface area contributed by atoms with E-state index in [4.69, 9.17) is 9.47 Å². The molecule has 0 fully saturated rings. The van der Waals surface area contributed by atoms with Crippen LogP contribution in [0.4, 0.5) is 32.9 Å². The molecule has 3 heterocycles. The predicted molar refractivity (Wildman–Crippen MR) is 232 cm³/mol. The molecule has 3 aromatic heterocycles. The molecule has 0 aliphatic heterocycles. The van der Waals surface area contributed by atoms with Crippen molar-refractivity contribution >= 4 is 70.8 Å². The van der Waals surface area contributed by atoms with Gasteiger partial charge in [0, 0.05) is 23.6 Å². The fourth-order valence-electron chi connectivity index (χ4n) is 5.19. The molecule has 0 unspecified atom stereocenters. The first-order chi connectivity index (χ1) is 27.5. The Hall–Kier alpha value is -4.51. The number of aromatic nitrogens is 5. The highest BCUT2D eigenvalue weighted by molar-refractivity contribution is 7.99. The number of hydrogen-bond donors (Lipinski definition) is 4. The number of carbonyl (C=O) groups is 4. The van der Waals surface area contributed by atoms with Gasteiger partial charge in [-0.15, -0.1) is 0 Å². The number of rotatable bonds is 22. The van der Waals surface area contributed by atoms with Crippen molar-refractivity contribution in [3.05, 3.63) is 41.7 Å². The molecule has 0 radical (unpaired) electrons. The summed E-state index contributed by atoms with van der Waals surface area (Å²) >= 11 is 2.85. The molecule has 0 atom stereocenters. The van der Waals surface area contributed by atoms with Gasteiger partial charge in [0.25, 0.3) is 11.8 Å². The minimum Gasteiger partial charge on any atom is -0.444 e. The van der Waals surface area contributed by atoms with Crippen molar-refractivity contribution in [2.24, 2.45) is 0 Å². The van der Waals surface area contributed by atoms with Gasteiger partial charge in [0.2, 0.25) is 0 Å². The van der Waals surface area contributed by atoms with Gasteiger partial charge in [-0.2, -0.15) is 0 Å². The predicted octanol–water partition coefficient (Wildman–Crippen LogP) is 10.8. The fourth-order valence-corrected chi connectivity index (χ4v) is 6.91. The third kappa shape index (κ3) is 19.8. The molecule has 0 saturated carbocycles. The first-order valence-corrected chi connectivity index (χ1v) is 22.1. The molecule has 17 heteroatoms. The number of unbranched alkanes of at least 4 members (excludes halogenated alkanes) is 10. The Bertz CT molecular complexity index is 1680. The topological polar surface area (TPSA) is 199 Å². The van der Waals surface area contributed by atoms with Crippen molar-refractivity contribution < 1.29 is 28.7 Å². The van der Waals surface area contributed by atoms with Crippen LogP contribution in [0.15, 0.2) is 40.6 Å². The van der Waals surface area contributed by atoms with Crippen molar-refractivity contribution in [2.75, 3.05) is 32.8 Å². The normalized spacial score (nSPS) is 11.4. The van der Waals surface area contributed by atoms with Gasteiger partial charge in [-0.25, -0.2) is 34.5 Å². The highest BCUT2D eigenvalue weighted by atomic mass is 32.2. The molecule has 4 N–H and O–H groups in total. The monoisotopic (exact) mass is 839 g/mol. The molecule has 0 aliphatic carbocycles. The zero-order chi connectivity index (χ0) is 42.6. The summed E-state index contributed by atoms with van der Waals surface area (Å²) < 4.78 is 10.8. The minimum absolute atomic E-state index is 0.0562. The van der Waals surface area contributed by atoms with E-state index in [1.54, 1.807) is 41.5 Å². The van der Waals surface area contributed by atoms with Gasteiger partial charge in [0.05, 0.1) is 0 Å². The van der Waals surface area contributed by atoms with E-state index in [-0.39, 0.29) is 34.7 Å². The van der Waals surface area contributed by atoms with E-state index in [9.17, 15) is 19.2 Å². The molecule has 3 rings (SSSR count). The van der Waals surface area contributed by atoms with E-state index in [0.717, 1.165) is 50.0 Å². The highest BCUT2D eigenvalue weighted by Gasteiger charge is 2.21. The van der Waals surface area contributed by atoms with Gasteiger partial charge in [0.15, 0.2) is 10.3 Å². The number of hydrogen-bond acceptors (Lipinski definition) is 13. The van der Waals surface area contributed by atoms with Crippen LogP contribution in [0.3, 0.4) is 0 Å². The van der Waals surface area contributed by atoms with Gasteiger partial charge >= 0.3 is 12.2 Å². The summed E-state index contributed by atoms with van der Waals surface area (Å²) in [5, 5.41) is 11.4. The Morgan fingerprint density at radius 2 is 0.862 bits per heavy atom. The number of carbonyl (C=O) groups excluding carboxylic acids is 4. The van der Waals surface area contributed by atoms with Gasteiger partial charge in [-0.05, 0) is 66.5 Å². The number of nitrogens with one attached hydrogen (secondary N) is 4. The lowest BCUT2D eigenvalue weighted by atomic mass is 10.1. The van der Waals surface area contributed by atoms with Gasteiger partial charge in [-0.3, -0.25) is 20.2 Å². The summed E-state index contributed by atoms with van der Waals surface area (Å²) in [4.78, 5) is 74.4. The molecular weight excluding hydrogens is 779 g/mol. The Labute approximate surface area is 351 Å². The van der Waals surface area contributed by atoms with Crippen molar-refractivity contribution in [2.45, 2.75) is 154 Å². The van der Waals surface area contributed by atoms with Gasteiger partial charge in [0.1, 0.15) is 45.9 Å². The zero-order valence-electron chi connectivity index (χ0n) is 35.3. The van der Waals surface area contributed by atoms with Crippen LogP contribution in [0.2, 0.25) is 0 Å². The summed E-state index contributed by atoms with van der Waals surface area (Å²) in [7, 11) is 0. The number of amides is 4. The molecule has 0 aliphatic rings. The molecular formula is C41H61N9O6S2. The maximum absolute atomic E-state index is 13.5. The van der Waals surface area contributed by atoms with Crippen LogP contribution in [-0.2, 0) is 9.47 Å². The molecule has 0 spiro atoms. The molecule has 58 heavy (non-hydrogen) atoms. The Balaban J connectivity index is 1.76. The maximum Gasteiger partial charge on any atom is 0.413 e. The molecule has 0 bridgehead atoms. The lowest BCUT2D eigenvalue weighted by Crippen LogP contribution is -2.27. The van der Waals surface area contributed by atoms with Crippen molar-refractivity contribution in [1.29, 1.82) is 0 Å². The smallest absolute Gasteiger partial charge is 0.413 e. The van der Waals surface area contributed by atoms with Gasteiger partial charge < -0.3 is 20.1 Å². The standard InChI is InChI=1S/C41H61N9O6S2/c1-9-11-13-15-17-19-24-57-36-45-30(26-32(47-36)49-38(53)55-40(3,4)5)43-34(51)28-22-21-23-29(42-28)35(52)44-31-27-33(50-39(54)56-41(6,7)8)48-37(46-31)58-25-20-18-16-14-12-10-2/h21-23,26-27H,9-20,24-25H2,1-8H3,(H2,43,45,47,49,51,53)(H2,44,46,48,50,52,54). The second kappa shape index (κ2) is 24.4. The molecule has 0 saturated heterocycles. The van der Waals surface area contributed by atoms with Gasteiger partial charge in [-0.1, -0.05) is 108 Å². The van der Waals surface area contributed by atoms with Crippen LogP contribution in [0, 0.1) is 0 Å². The first kappa shape index (κ1) is 47.9. The number of ether oxygens (including phenoxy) is 2. The van der Waals surface area contributed by atoms with Crippen molar-refractivity contribution in [1.82, 2.24) is 24.9 Å². The van der Waals surface area contributed by atoms with E-state index >= 15 is 0 Å². The minimum atomic E-state index is -0.728. The Kier molecular flexibility index (Phi) is 20.2. The van der Waals surface area contributed by atoms with E-state index in [1.165, 1.54) is 92.4 Å². The van der Waals surface area contributed by atoms with E-state index in [1.807, 2.05) is 0 Å². The van der Waals surface area contributed by atoms with E-state index < -0.39 is 35.2 Å². The summed E-state index contributed by atoms with van der Waals surface area (Å²) in [6.07, 6.45) is 12.2. The summed E-state index contributed by atoms with van der Waals surface area (Å²) in [5.74, 6) is 0.819. The maximum atomic E-state index is 13.5. The average Bonchev–Trinajstić information content (AvgIpc) is 3.12. The van der Waals surface area contributed by atoms with E-state index in [2.05, 4.69) is 60.0 Å². The van der Waals surface area contributed by atoms with Crippen LogP contribution in [0.25, 0.3) is 0 Å². The summed E-state index contributed by atoms with van der Waals surface area (Å²) in [5.41, 5.74) is -1.57. The first-order valence-electron chi connectivity index (χ1n) is 20.2. The second-order valence-electron chi connectivity index (χ2n) is 15.6. The molecule has 318 valence electrons. The van der Waals surface area contributed by atoms with Crippen molar-refractivity contribution in [3.8, 4) is 0 Å². The number of anilines is 4. The van der Waals surface area contributed by atoms with Crippen LogP contribution in [0.1, 0.15) is 153 Å². The third-order valence-corrected chi connectivity index (χ3v) is 9.69. The average molecular weight is 840 g/mol. The number of nitrogens with zero attached hydrogens (tertiary/aromatic N) is 5. The number of thioether (sulfide) groups is 2. The third-order valence-electron chi connectivity index (χ3n) is 7.82. The largest absolute Gasteiger partial charge is 0.444 e. The van der Waals surface area contributed by atoms with Crippen LogP contribution in [-0.4, -0.2) is 71.6 Å². The fraction of sp³-hybridized carbons (Fsp3) is 0.585. The zero-order valence-corrected chi connectivity index (χ0v) is 36.9. The Morgan fingerprint density at radius 3 is 1.22 bits per heavy atom.